The van der Waals surface area contributed by atoms with E-state index in [4.69, 9.17) is 9.47 Å². The fourth-order valence-electron chi connectivity index (χ4n) is 2.32. The number of rotatable bonds is 1. The van der Waals surface area contributed by atoms with E-state index in [-0.39, 0.29) is 11.7 Å². The maximum absolute atomic E-state index is 12.0. The van der Waals surface area contributed by atoms with Crippen LogP contribution in [-0.4, -0.2) is 16.6 Å². The molecule has 0 fully saturated rings. The van der Waals surface area contributed by atoms with Crippen LogP contribution in [0.5, 0.6) is 11.5 Å². The molecule has 2 aromatic heterocycles. The monoisotopic (exact) mass is 286 g/mol. The summed E-state index contributed by atoms with van der Waals surface area (Å²) >= 11 is 1.44. The zero-order valence-corrected chi connectivity index (χ0v) is 11.1. The van der Waals surface area contributed by atoms with Crippen LogP contribution >= 0.6 is 11.3 Å². The van der Waals surface area contributed by atoms with Crippen molar-refractivity contribution in [1.29, 1.82) is 0 Å². The Morgan fingerprint density at radius 2 is 2.15 bits per heavy atom. The summed E-state index contributed by atoms with van der Waals surface area (Å²) < 4.78 is 11.6. The highest BCUT2D eigenvalue weighted by Gasteiger charge is 2.26. The zero-order valence-electron chi connectivity index (χ0n) is 10.3. The highest BCUT2D eigenvalue weighted by atomic mass is 32.1. The quantitative estimate of drug-likeness (QED) is 0.746. The molecule has 0 saturated heterocycles. The van der Waals surface area contributed by atoms with Gasteiger partial charge in [0.1, 0.15) is 11.4 Å². The molecular formula is C14H10N2O3S. The van der Waals surface area contributed by atoms with Gasteiger partial charge < -0.3 is 14.5 Å². The number of hydrogen-bond acceptors (Lipinski definition) is 5. The first-order valence-electron chi connectivity index (χ1n) is 6.16. The summed E-state index contributed by atoms with van der Waals surface area (Å²) in [5.41, 5.74) is 0.683. The third-order valence-corrected chi connectivity index (χ3v) is 4.16. The Balaban J connectivity index is 1.80. The van der Waals surface area contributed by atoms with Gasteiger partial charge >= 0.3 is 0 Å². The SMILES string of the molecule is O=c1[nH]cnc2scc([C@@H]3COc4ccccc4O3)c12. The Morgan fingerprint density at radius 3 is 3.05 bits per heavy atom. The fraction of sp³-hybridized carbons (Fsp3) is 0.143. The minimum absolute atomic E-state index is 0.145. The molecule has 1 atom stereocenters. The number of benzene rings is 1. The second-order valence-electron chi connectivity index (χ2n) is 4.47. The molecule has 0 radical (unpaired) electrons. The molecule has 1 aliphatic heterocycles. The van der Waals surface area contributed by atoms with Crippen molar-refractivity contribution in [2.24, 2.45) is 0 Å². The Morgan fingerprint density at radius 1 is 1.30 bits per heavy atom. The van der Waals surface area contributed by atoms with E-state index in [2.05, 4.69) is 9.97 Å². The number of nitrogens with zero attached hydrogens (tertiary/aromatic N) is 1. The van der Waals surface area contributed by atoms with E-state index in [1.54, 1.807) is 0 Å². The number of para-hydroxylation sites is 2. The Labute approximate surface area is 117 Å². The van der Waals surface area contributed by atoms with Crippen molar-refractivity contribution in [1.82, 2.24) is 9.97 Å². The maximum Gasteiger partial charge on any atom is 0.259 e. The molecule has 0 aliphatic carbocycles. The molecule has 100 valence electrons. The number of H-pyrrole nitrogens is 1. The largest absolute Gasteiger partial charge is 0.485 e. The van der Waals surface area contributed by atoms with Gasteiger partial charge in [-0.2, -0.15) is 0 Å². The summed E-state index contributed by atoms with van der Waals surface area (Å²) in [7, 11) is 0. The normalized spacial score (nSPS) is 17.3. The van der Waals surface area contributed by atoms with E-state index >= 15 is 0 Å². The molecule has 3 aromatic rings. The molecule has 1 aliphatic rings. The van der Waals surface area contributed by atoms with Gasteiger partial charge in [-0.15, -0.1) is 11.3 Å². The third kappa shape index (κ3) is 1.69. The molecule has 3 heterocycles. The molecule has 0 saturated carbocycles. The molecule has 0 unspecified atom stereocenters. The number of hydrogen-bond donors (Lipinski definition) is 1. The van der Waals surface area contributed by atoms with Crippen LogP contribution in [-0.2, 0) is 0 Å². The van der Waals surface area contributed by atoms with Crippen molar-refractivity contribution < 1.29 is 9.47 Å². The second kappa shape index (κ2) is 4.35. The van der Waals surface area contributed by atoms with Crippen LogP contribution in [0, 0.1) is 0 Å². The van der Waals surface area contributed by atoms with Crippen molar-refractivity contribution in [2.45, 2.75) is 6.10 Å². The van der Waals surface area contributed by atoms with E-state index in [0.29, 0.717) is 22.6 Å². The number of ether oxygens (including phenoxy) is 2. The van der Waals surface area contributed by atoms with Crippen LogP contribution in [0.4, 0.5) is 0 Å². The third-order valence-electron chi connectivity index (χ3n) is 3.26. The summed E-state index contributed by atoms with van der Waals surface area (Å²) in [5, 5.41) is 2.50. The predicted octanol–water partition coefficient (Wildman–Crippen LogP) is 2.50. The topological polar surface area (TPSA) is 64.2 Å². The van der Waals surface area contributed by atoms with Gasteiger partial charge in [0.05, 0.1) is 11.7 Å². The van der Waals surface area contributed by atoms with Crippen LogP contribution < -0.4 is 15.0 Å². The maximum atomic E-state index is 12.0. The van der Waals surface area contributed by atoms with Crippen LogP contribution in [0.2, 0.25) is 0 Å². The first-order valence-corrected chi connectivity index (χ1v) is 7.04. The molecule has 6 heteroatoms. The minimum atomic E-state index is -0.288. The summed E-state index contributed by atoms with van der Waals surface area (Å²) in [6.07, 6.45) is 1.13. The van der Waals surface area contributed by atoms with E-state index in [9.17, 15) is 4.79 Å². The lowest BCUT2D eigenvalue weighted by atomic mass is 10.1. The highest BCUT2D eigenvalue weighted by Crippen LogP contribution is 2.38. The van der Waals surface area contributed by atoms with Crippen molar-refractivity contribution in [3.05, 3.63) is 51.9 Å². The Kier molecular flexibility index (Phi) is 2.50. The lowest BCUT2D eigenvalue weighted by Crippen LogP contribution is -2.22. The van der Waals surface area contributed by atoms with Gasteiger partial charge in [0, 0.05) is 10.9 Å². The molecule has 0 bridgehead atoms. The Bertz CT molecular complexity index is 840. The average molecular weight is 286 g/mol. The number of nitrogens with one attached hydrogen (secondary N) is 1. The molecular weight excluding hydrogens is 276 g/mol. The van der Waals surface area contributed by atoms with Crippen molar-refractivity contribution >= 4 is 21.6 Å². The van der Waals surface area contributed by atoms with Gasteiger partial charge in [-0.3, -0.25) is 4.79 Å². The molecule has 4 rings (SSSR count). The molecule has 20 heavy (non-hydrogen) atoms. The van der Waals surface area contributed by atoms with Crippen LogP contribution in [0.15, 0.2) is 40.8 Å². The average Bonchev–Trinajstić information content (AvgIpc) is 2.92. The fourth-order valence-corrected chi connectivity index (χ4v) is 3.27. The van der Waals surface area contributed by atoms with E-state index in [1.807, 2.05) is 29.6 Å². The predicted molar refractivity (Wildman–Crippen MR) is 75.5 cm³/mol. The van der Waals surface area contributed by atoms with Crippen LogP contribution in [0.3, 0.4) is 0 Å². The summed E-state index contributed by atoms with van der Waals surface area (Å²) in [6.45, 7) is 0.386. The smallest absolute Gasteiger partial charge is 0.259 e. The zero-order chi connectivity index (χ0) is 13.5. The summed E-state index contributed by atoms with van der Waals surface area (Å²) in [6, 6.07) is 7.52. The number of fused-ring (bicyclic) bond motifs is 2. The number of thiophene rings is 1. The molecule has 1 N–H and O–H groups in total. The van der Waals surface area contributed by atoms with Gasteiger partial charge in [0.15, 0.2) is 17.6 Å². The second-order valence-corrected chi connectivity index (χ2v) is 5.33. The minimum Gasteiger partial charge on any atom is -0.485 e. The number of aromatic nitrogens is 2. The Hall–Kier alpha value is -2.34. The van der Waals surface area contributed by atoms with E-state index < -0.39 is 0 Å². The molecule has 1 aromatic carbocycles. The standard InChI is InChI=1S/C14H10N2O3S/c17-13-12-8(6-20-14(12)16-7-15-13)11-5-18-9-3-1-2-4-10(9)19-11/h1-4,6-7,11H,5H2,(H,15,16,17)/t11-/m0/s1. The van der Waals surface area contributed by atoms with E-state index in [1.165, 1.54) is 17.7 Å². The molecule has 0 amide bonds. The van der Waals surface area contributed by atoms with Gasteiger partial charge in [-0.25, -0.2) is 4.98 Å². The van der Waals surface area contributed by atoms with Crippen molar-refractivity contribution in [3.63, 3.8) is 0 Å². The molecule has 5 nitrogen and oxygen atoms in total. The number of aromatic amines is 1. The van der Waals surface area contributed by atoms with Gasteiger partial charge in [-0.05, 0) is 12.1 Å². The summed E-state index contributed by atoms with van der Waals surface area (Å²) in [5.74, 6) is 1.43. The van der Waals surface area contributed by atoms with Crippen LogP contribution in [0.1, 0.15) is 11.7 Å². The van der Waals surface area contributed by atoms with Gasteiger partial charge in [0.25, 0.3) is 5.56 Å². The van der Waals surface area contributed by atoms with Crippen molar-refractivity contribution in [2.75, 3.05) is 6.61 Å². The van der Waals surface area contributed by atoms with Crippen LogP contribution in [0.25, 0.3) is 10.2 Å². The first kappa shape index (κ1) is 11.5. The lowest BCUT2D eigenvalue weighted by Gasteiger charge is -2.26. The highest BCUT2D eigenvalue weighted by molar-refractivity contribution is 7.16. The van der Waals surface area contributed by atoms with Crippen molar-refractivity contribution in [3.8, 4) is 11.5 Å². The van der Waals surface area contributed by atoms with E-state index in [0.717, 1.165) is 11.3 Å². The summed E-state index contributed by atoms with van der Waals surface area (Å²) in [4.78, 5) is 19.4. The molecule has 0 spiro atoms. The van der Waals surface area contributed by atoms with Gasteiger partial charge in [-0.1, -0.05) is 12.1 Å². The lowest BCUT2D eigenvalue weighted by molar-refractivity contribution is 0.0925. The van der Waals surface area contributed by atoms with Gasteiger partial charge in [0.2, 0.25) is 0 Å². The first-order chi connectivity index (χ1) is 9.83.